The van der Waals surface area contributed by atoms with Gasteiger partial charge in [0.25, 0.3) is 7.82 Å². The van der Waals surface area contributed by atoms with Crippen molar-refractivity contribution < 1.29 is 32.9 Å². The fourth-order valence-corrected chi connectivity index (χ4v) is 13.5. The monoisotopic (exact) mass is 1300 g/mol. The number of rotatable bonds is 77. The van der Waals surface area contributed by atoms with Gasteiger partial charge in [-0.15, -0.1) is 0 Å². The Morgan fingerprint density at radius 3 is 0.923 bits per heavy atom. The topological polar surface area (TPSA) is 108 Å². The van der Waals surface area contributed by atoms with Crippen molar-refractivity contribution in [2.75, 3.05) is 40.9 Å². The molecule has 0 radical (unpaired) electrons. The maximum atomic E-state index is 13.1. The molecule has 0 aliphatic carbocycles. The van der Waals surface area contributed by atoms with Crippen molar-refractivity contribution in [2.24, 2.45) is 0 Å². The van der Waals surface area contributed by atoms with Crippen LogP contribution < -0.4 is 10.2 Å². The second-order valence-corrected chi connectivity index (χ2v) is 30.9. The van der Waals surface area contributed by atoms with Crippen molar-refractivity contribution in [3.8, 4) is 0 Å². The summed E-state index contributed by atoms with van der Waals surface area (Å²) in [5.74, 6) is -0.154. The van der Waals surface area contributed by atoms with E-state index in [0.717, 1.165) is 51.4 Å². The number of nitrogens with zero attached hydrogens (tertiary/aromatic N) is 1. The van der Waals surface area contributed by atoms with E-state index in [1.165, 1.54) is 353 Å². The Morgan fingerprint density at radius 2 is 0.637 bits per heavy atom. The predicted octanol–water partition coefficient (Wildman–Crippen LogP) is 26.1. The minimum absolute atomic E-state index is 0.0151. The molecule has 8 nitrogen and oxygen atoms in total. The summed E-state index contributed by atoms with van der Waals surface area (Å²) in [7, 11) is 1.33. The smallest absolute Gasteiger partial charge is 0.268 e. The molecular weight excluding hydrogens is 1140 g/mol. The number of carbonyl (C=O) groups is 1. The molecule has 0 aliphatic heterocycles. The van der Waals surface area contributed by atoms with E-state index >= 15 is 0 Å². The van der Waals surface area contributed by atoms with E-state index in [9.17, 15) is 19.4 Å². The molecule has 0 fully saturated rings. The zero-order valence-electron chi connectivity index (χ0n) is 62.1. The lowest BCUT2D eigenvalue weighted by Gasteiger charge is -2.30. The van der Waals surface area contributed by atoms with Crippen molar-refractivity contribution in [3.05, 3.63) is 36.5 Å². The maximum absolute atomic E-state index is 13.1. The molecule has 1 amide bonds. The van der Waals surface area contributed by atoms with E-state index in [0.29, 0.717) is 23.9 Å². The minimum Gasteiger partial charge on any atom is -0.756 e. The van der Waals surface area contributed by atoms with Crippen LogP contribution in [0.15, 0.2) is 36.5 Å². The fourth-order valence-electron chi connectivity index (χ4n) is 12.8. The molecule has 0 saturated carbocycles. The average Bonchev–Trinajstić information content (AvgIpc) is 3.58. The molecule has 0 spiro atoms. The Labute approximate surface area is 569 Å². The van der Waals surface area contributed by atoms with Gasteiger partial charge in [0.15, 0.2) is 0 Å². The number of unbranched alkanes of at least 4 members (excludes halogenated alkanes) is 58. The summed E-state index contributed by atoms with van der Waals surface area (Å²) in [5.41, 5.74) is 0. The zero-order chi connectivity index (χ0) is 66.2. The van der Waals surface area contributed by atoms with Crippen LogP contribution in [-0.2, 0) is 18.4 Å². The number of allylic oxidation sites excluding steroid dienone is 6. The van der Waals surface area contributed by atoms with E-state index < -0.39 is 20.0 Å². The van der Waals surface area contributed by atoms with Gasteiger partial charge in [0.1, 0.15) is 13.2 Å². The van der Waals surface area contributed by atoms with Gasteiger partial charge in [0.2, 0.25) is 5.91 Å². The Bertz CT molecular complexity index is 1580. The van der Waals surface area contributed by atoms with Gasteiger partial charge in [-0.25, -0.2) is 0 Å². The van der Waals surface area contributed by atoms with Gasteiger partial charge in [-0.3, -0.25) is 9.36 Å². The second-order valence-electron chi connectivity index (χ2n) is 29.5. The molecule has 0 bridgehead atoms. The molecule has 0 rings (SSSR count). The summed E-state index contributed by atoms with van der Waals surface area (Å²) < 4.78 is 23.6. The number of likely N-dealkylation sites (N-methyl/N-ethyl adjacent to an activating group) is 1. The Morgan fingerprint density at radius 1 is 0.385 bits per heavy atom. The summed E-state index contributed by atoms with van der Waals surface area (Å²) in [5, 5.41) is 14.2. The summed E-state index contributed by atoms with van der Waals surface area (Å²) in [4.78, 5) is 25.8. The molecule has 3 unspecified atom stereocenters. The van der Waals surface area contributed by atoms with Gasteiger partial charge in [-0.05, 0) is 51.4 Å². The van der Waals surface area contributed by atoms with E-state index in [4.69, 9.17) is 9.05 Å². The molecule has 0 aliphatic rings. The summed E-state index contributed by atoms with van der Waals surface area (Å²) in [6.45, 7) is 4.78. The average molecular weight is 1300 g/mol. The molecule has 0 aromatic heterocycles. The van der Waals surface area contributed by atoms with Crippen LogP contribution in [0.5, 0.6) is 0 Å². The van der Waals surface area contributed by atoms with Crippen molar-refractivity contribution in [1.29, 1.82) is 0 Å². The Kier molecular flexibility index (Phi) is 72.0. The fraction of sp³-hybridized carbons (Fsp3) is 0.915. The van der Waals surface area contributed by atoms with Crippen LogP contribution >= 0.6 is 7.82 Å². The van der Waals surface area contributed by atoms with Crippen LogP contribution in [0.3, 0.4) is 0 Å². The van der Waals surface area contributed by atoms with Crippen molar-refractivity contribution in [3.63, 3.8) is 0 Å². The van der Waals surface area contributed by atoms with Gasteiger partial charge in [0.05, 0.1) is 39.9 Å². The van der Waals surface area contributed by atoms with Crippen LogP contribution in [-0.4, -0.2) is 68.5 Å². The second kappa shape index (κ2) is 73.0. The molecule has 0 heterocycles. The molecule has 3 atom stereocenters. The third-order valence-corrected chi connectivity index (χ3v) is 20.1. The number of amides is 1. The van der Waals surface area contributed by atoms with Crippen LogP contribution in [0, 0.1) is 0 Å². The van der Waals surface area contributed by atoms with Gasteiger partial charge in [-0.1, -0.05) is 410 Å². The van der Waals surface area contributed by atoms with Crippen LogP contribution in [0.25, 0.3) is 0 Å². The molecule has 0 aromatic carbocycles. The first-order valence-corrected chi connectivity index (χ1v) is 42.3. The lowest BCUT2D eigenvalue weighted by Crippen LogP contribution is -2.46. The first kappa shape index (κ1) is 89.7. The first-order valence-electron chi connectivity index (χ1n) is 40.8. The number of aliphatic hydroxyl groups excluding tert-OH is 1. The van der Waals surface area contributed by atoms with Gasteiger partial charge < -0.3 is 28.8 Å². The highest BCUT2D eigenvalue weighted by Gasteiger charge is 2.24. The lowest BCUT2D eigenvalue weighted by molar-refractivity contribution is -0.870. The third-order valence-electron chi connectivity index (χ3n) is 19.1. The Balaban J connectivity index is 3.89. The number of quaternary nitrogens is 1. The van der Waals surface area contributed by atoms with Gasteiger partial charge in [-0.2, -0.15) is 0 Å². The number of carbonyl (C=O) groups excluding carboxylic acids is 1. The number of phosphoric acid groups is 1. The molecule has 2 N–H and O–H groups in total. The van der Waals surface area contributed by atoms with Crippen LogP contribution in [0.1, 0.15) is 431 Å². The first-order chi connectivity index (χ1) is 44.5. The van der Waals surface area contributed by atoms with E-state index in [2.05, 4.69) is 55.6 Å². The summed E-state index contributed by atoms with van der Waals surface area (Å²) in [6, 6.07) is -0.801. The molecule has 540 valence electrons. The van der Waals surface area contributed by atoms with Crippen LogP contribution in [0.2, 0.25) is 0 Å². The SMILES string of the molecule is CCCCCCC/C=C\C/C=C\C/C=C\CCCCCCCCCCCCCCCCCCCCCCCCCCC(=O)NC(COP(=O)([O-])OCC[N+](C)(C)C)C(O)CCCCCCCCCCCCCCCCCCCCCCCCCCCCCCCC. The highest BCUT2D eigenvalue weighted by molar-refractivity contribution is 7.45. The largest absolute Gasteiger partial charge is 0.756 e. The normalized spacial score (nSPS) is 13.6. The number of phosphoric ester groups is 1. The maximum Gasteiger partial charge on any atom is 0.268 e. The summed E-state index contributed by atoms with van der Waals surface area (Å²) in [6.07, 6.45) is 98.5. The van der Waals surface area contributed by atoms with Gasteiger partial charge in [0, 0.05) is 6.42 Å². The third kappa shape index (κ3) is 76.0. The van der Waals surface area contributed by atoms with E-state index in [-0.39, 0.29) is 19.1 Å². The quantitative estimate of drug-likeness (QED) is 0.0272. The molecule has 0 aromatic rings. The summed E-state index contributed by atoms with van der Waals surface area (Å²) >= 11 is 0. The van der Waals surface area contributed by atoms with E-state index in [1.54, 1.807) is 0 Å². The van der Waals surface area contributed by atoms with E-state index in [1.807, 2.05) is 21.1 Å². The standard InChI is InChI=1S/C82H161N2O6P/c1-6-8-10-12-14-16-18-20-22-24-26-28-30-32-34-36-38-39-40-41-42-43-44-45-46-48-50-52-54-56-58-60-62-64-66-68-70-72-74-76-82(86)83-80(79-90-91(87,88)89-78-77-84(3,4)5)81(85)75-73-71-69-67-65-63-61-59-57-55-53-51-49-47-37-35-33-31-29-27-25-23-21-19-17-15-13-11-9-7-2/h18,20,24,26,30,32,80-81,85H,6-17,19,21-23,25,27-29,31,33-79H2,1-5H3,(H-,83,86,87,88)/b20-18-,26-24-,32-30-. The number of hydrogen-bond donors (Lipinski definition) is 2. The van der Waals surface area contributed by atoms with Crippen molar-refractivity contribution in [2.45, 2.75) is 443 Å². The molecule has 9 heteroatoms. The minimum atomic E-state index is -4.58. The highest BCUT2D eigenvalue weighted by Crippen LogP contribution is 2.38. The van der Waals surface area contributed by atoms with Crippen LogP contribution in [0.4, 0.5) is 0 Å². The number of aliphatic hydroxyl groups is 1. The van der Waals surface area contributed by atoms with Crippen molar-refractivity contribution in [1.82, 2.24) is 5.32 Å². The number of nitrogens with one attached hydrogen (secondary N) is 1. The number of hydrogen-bond acceptors (Lipinski definition) is 6. The predicted molar refractivity (Wildman–Crippen MR) is 399 cm³/mol. The Hall–Kier alpha value is -1.28. The molecular formula is C82H161N2O6P. The molecule has 0 saturated heterocycles. The highest BCUT2D eigenvalue weighted by atomic mass is 31.2. The van der Waals surface area contributed by atoms with Crippen molar-refractivity contribution >= 4 is 13.7 Å². The lowest BCUT2D eigenvalue weighted by atomic mass is 10.0. The zero-order valence-corrected chi connectivity index (χ0v) is 63.0. The van der Waals surface area contributed by atoms with Gasteiger partial charge >= 0.3 is 0 Å². The molecule has 91 heavy (non-hydrogen) atoms.